The smallest absolute Gasteiger partial charge is 0.306 e. The van der Waals surface area contributed by atoms with E-state index in [2.05, 4.69) is 10.3 Å². The molecule has 1 saturated carbocycles. The minimum absolute atomic E-state index is 0.189. The van der Waals surface area contributed by atoms with Crippen molar-refractivity contribution in [2.24, 2.45) is 11.8 Å². The molecular weight excluding hydrogens is 252 g/mol. The largest absolute Gasteiger partial charge is 0.481 e. The first kappa shape index (κ1) is 13.3. The number of pyridine rings is 1. The van der Waals surface area contributed by atoms with E-state index in [1.807, 2.05) is 6.07 Å². The first-order valence-electron chi connectivity index (χ1n) is 6.20. The first-order valence-corrected chi connectivity index (χ1v) is 6.58. The van der Waals surface area contributed by atoms with Gasteiger partial charge in [-0.3, -0.25) is 9.78 Å². The molecule has 98 valence electrons. The van der Waals surface area contributed by atoms with Crippen molar-refractivity contribution in [1.29, 1.82) is 0 Å². The zero-order valence-corrected chi connectivity index (χ0v) is 10.9. The van der Waals surface area contributed by atoms with E-state index >= 15 is 0 Å². The van der Waals surface area contributed by atoms with Crippen molar-refractivity contribution >= 4 is 17.6 Å². The molecule has 0 radical (unpaired) electrons. The quantitative estimate of drug-likeness (QED) is 0.860. The lowest BCUT2D eigenvalue weighted by Crippen LogP contribution is -2.28. The Hall–Kier alpha value is -1.13. The van der Waals surface area contributed by atoms with Crippen LogP contribution >= 0.6 is 11.6 Å². The van der Waals surface area contributed by atoms with E-state index in [-0.39, 0.29) is 11.8 Å². The van der Waals surface area contributed by atoms with Gasteiger partial charge in [-0.05, 0) is 36.9 Å². The number of carboxylic acids is 1. The molecule has 1 aliphatic carbocycles. The Labute approximate surface area is 111 Å². The van der Waals surface area contributed by atoms with Crippen LogP contribution in [0.3, 0.4) is 0 Å². The number of hydrogen-bond acceptors (Lipinski definition) is 3. The van der Waals surface area contributed by atoms with Gasteiger partial charge in [0.2, 0.25) is 0 Å². The number of aromatic nitrogens is 1. The van der Waals surface area contributed by atoms with Crippen molar-refractivity contribution in [2.45, 2.75) is 25.8 Å². The maximum atomic E-state index is 11.0. The fourth-order valence-corrected chi connectivity index (χ4v) is 2.73. The minimum atomic E-state index is -0.666. The van der Waals surface area contributed by atoms with Crippen molar-refractivity contribution in [3.63, 3.8) is 0 Å². The molecule has 0 saturated heterocycles. The zero-order valence-electron chi connectivity index (χ0n) is 10.1. The summed E-state index contributed by atoms with van der Waals surface area (Å²) in [6.07, 6.45) is 6.14. The molecule has 0 amide bonds. The number of carbonyl (C=O) groups is 1. The highest BCUT2D eigenvalue weighted by atomic mass is 35.5. The Bertz CT molecular complexity index is 425. The van der Waals surface area contributed by atoms with Crippen LogP contribution in [0.25, 0.3) is 0 Å². The van der Waals surface area contributed by atoms with Crippen LogP contribution in [0.4, 0.5) is 0 Å². The second-order valence-electron chi connectivity index (χ2n) is 4.73. The molecule has 0 spiro atoms. The van der Waals surface area contributed by atoms with E-state index in [0.29, 0.717) is 11.6 Å². The Balaban J connectivity index is 1.82. The van der Waals surface area contributed by atoms with Gasteiger partial charge in [-0.15, -0.1) is 0 Å². The molecule has 5 heteroatoms. The summed E-state index contributed by atoms with van der Waals surface area (Å²) >= 11 is 6.00. The normalized spacial score (nSPS) is 23.2. The summed E-state index contributed by atoms with van der Waals surface area (Å²) in [6, 6.07) is 1.87. The number of aliphatic carboxylic acids is 1. The van der Waals surface area contributed by atoms with E-state index < -0.39 is 5.97 Å². The van der Waals surface area contributed by atoms with E-state index in [9.17, 15) is 4.79 Å². The Morgan fingerprint density at radius 1 is 1.56 bits per heavy atom. The third-order valence-corrected chi connectivity index (χ3v) is 3.90. The Morgan fingerprint density at radius 3 is 3.11 bits per heavy atom. The topological polar surface area (TPSA) is 62.2 Å². The number of halogens is 1. The molecule has 2 atom stereocenters. The predicted molar refractivity (Wildman–Crippen MR) is 69.4 cm³/mol. The standard InChI is InChI=1S/C13H17ClN2O2/c14-12-8-15-5-4-10(12)7-16-6-9-2-1-3-11(9)13(17)18/h4-5,8-9,11,16H,1-3,6-7H2,(H,17,18). The molecule has 1 aliphatic rings. The Morgan fingerprint density at radius 2 is 2.39 bits per heavy atom. The van der Waals surface area contributed by atoms with E-state index in [4.69, 9.17) is 16.7 Å². The molecule has 2 rings (SSSR count). The van der Waals surface area contributed by atoms with Crippen LogP contribution in [0.15, 0.2) is 18.5 Å². The summed E-state index contributed by atoms with van der Waals surface area (Å²) in [5.74, 6) is -0.616. The summed E-state index contributed by atoms with van der Waals surface area (Å²) in [4.78, 5) is 15.0. The molecule has 0 aromatic carbocycles. The maximum absolute atomic E-state index is 11.0. The van der Waals surface area contributed by atoms with Crippen LogP contribution in [-0.2, 0) is 11.3 Å². The second-order valence-corrected chi connectivity index (χ2v) is 5.14. The fraction of sp³-hybridized carbons (Fsp3) is 0.538. The molecule has 2 unspecified atom stereocenters. The van der Waals surface area contributed by atoms with Crippen LogP contribution in [-0.4, -0.2) is 22.6 Å². The Kier molecular flexibility index (Phi) is 4.55. The van der Waals surface area contributed by atoms with Gasteiger partial charge in [0.1, 0.15) is 0 Å². The molecule has 18 heavy (non-hydrogen) atoms. The van der Waals surface area contributed by atoms with Crippen LogP contribution in [0.5, 0.6) is 0 Å². The molecule has 2 N–H and O–H groups in total. The van der Waals surface area contributed by atoms with Gasteiger partial charge in [0.25, 0.3) is 0 Å². The molecule has 1 fully saturated rings. The van der Waals surface area contributed by atoms with Gasteiger partial charge in [0, 0.05) is 18.9 Å². The third-order valence-electron chi connectivity index (χ3n) is 3.55. The van der Waals surface area contributed by atoms with Crippen LogP contribution in [0, 0.1) is 11.8 Å². The van der Waals surface area contributed by atoms with Crippen molar-refractivity contribution in [3.8, 4) is 0 Å². The van der Waals surface area contributed by atoms with Gasteiger partial charge in [0.05, 0.1) is 10.9 Å². The lowest BCUT2D eigenvalue weighted by atomic mass is 9.96. The SMILES string of the molecule is O=C(O)C1CCCC1CNCc1ccncc1Cl. The number of rotatable bonds is 5. The summed E-state index contributed by atoms with van der Waals surface area (Å²) in [6.45, 7) is 1.39. The molecule has 1 heterocycles. The van der Waals surface area contributed by atoms with Gasteiger partial charge < -0.3 is 10.4 Å². The van der Waals surface area contributed by atoms with E-state index in [1.165, 1.54) is 0 Å². The van der Waals surface area contributed by atoms with Crippen molar-refractivity contribution < 1.29 is 9.90 Å². The average Bonchev–Trinajstić information content (AvgIpc) is 2.80. The summed E-state index contributed by atoms with van der Waals surface area (Å²) in [7, 11) is 0. The highest BCUT2D eigenvalue weighted by molar-refractivity contribution is 6.31. The summed E-state index contributed by atoms with van der Waals surface area (Å²) in [5.41, 5.74) is 0.997. The molecule has 4 nitrogen and oxygen atoms in total. The van der Waals surface area contributed by atoms with Crippen molar-refractivity contribution in [1.82, 2.24) is 10.3 Å². The zero-order chi connectivity index (χ0) is 13.0. The van der Waals surface area contributed by atoms with Gasteiger partial charge >= 0.3 is 5.97 Å². The van der Waals surface area contributed by atoms with Gasteiger partial charge in [-0.25, -0.2) is 0 Å². The minimum Gasteiger partial charge on any atom is -0.481 e. The maximum Gasteiger partial charge on any atom is 0.306 e. The fourth-order valence-electron chi connectivity index (χ4n) is 2.55. The molecular formula is C13H17ClN2O2. The second kappa shape index (κ2) is 6.16. The average molecular weight is 269 g/mol. The van der Waals surface area contributed by atoms with Gasteiger partial charge in [0.15, 0.2) is 0 Å². The first-order chi connectivity index (χ1) is 8.68. The van der Waals surface area contributed by atoms with Gasteiger partial charge in [-0.1, -0.05) is 18.0 Å². The van der Waals surface area contributed by atoms with Crippen LogP contribution < -0.4 is 5.32 Å². The molecule has 1 aromatic heterocycles. The molecule has 1 aromatic rings. The van der Waals surface area contributed by atoms with Crippen LogP contribution in [0.1, 0.15) is 24.8 Å². The number of hydrogen-bond donors (Lipinski definition) is 2. The third kappa shape index (κ3) is 3.21. The van der Waals surface area contributed by atoms with Crippen molar-refractivity contribution in [2.75, 3.05) is 6.54 Å². The van der Waals surface area contributed by atoms with E-state index in [1.54, 1.807) is 12.4 Å². The van der Waals surface area contributed by atoms with Crippen molar-refractivity contribution in [3.05, 3.63) is 29.0 Å². The summed E-state index contributed by atoms with van der Waals surface area (Å²) < 4.78 is 0. The number of nitrogens with zero attached hydrogens (tertiary/aromatic N) is 1. The number of nitrogens with one attached hydrogen (secondary N) is 1. The molecule has 0 aliphatic heterocycles. The van der Waals surface area contributed by atoms with Gasteiger partial charge in [-0.2, -0.15) is 0 Å². The predicted octanol–water partition coefficient (Wildman–Crippen LogP) is 2.33. The highest BCUT2D eigenvalue weighted by Crippen LogP contribution is 2.31. The summed E-state index contributed by atoms with van der Waals surface area (Å²) in [5, 5.41) is 13.0. The lowest BCUT2D eigenvalue weighted by molar-refractivity contribution is -0.142. The van der Waals surface area contributed by atoms with E-state index in [0.717, 1.165) is 31.4 Å². The molecule has 0 bridgehead atoms. The van der Waals surface area contributed by atoms with Crippen LogP contribution in [0.2, 0.25) is 5.02 Å². The highest BCUT2D eigenvalue weighted by Gasteiger charge is 2.32. The number of carboxylic acid groups (broad SMARTS) is 1. The monoisotopic (exact) mass is 268 g/mol. The lowest BCUT2D eigenvalue weighted by Gasteiger charge is -2.16.